The standard InChI is InChI=1S/C18H14F4N4O2S/c1-9-15(29-8-26-9)14(27)7-25-17(28)12-4-10(2-3-13(12)18(20,21)22)16-23-5-11(19)6-24-16/h2-6,8,14,27H,7H2,1H3,(H,25,28). The molecule has 0 aliphatic carbocycles. The highest BCUT2D eigenvalue weighted by Gasteiger charge is 2.35. The number of carbonyl (C=O) groups is 1. The van der Waals surface area contributed by atoms with Gasteiger partial charge in [-0.3, -0.25) is 4.79 Å². The zero-order valence-corrected chi connectivity index (χ0v) is 15.7. The summed E-state index contributed by atoms with van der Waals surface area (Å²) >= 11 is 1.17. The van der Waals surface area contributed by atoms with Crippen molar-refractivity contribution in [3.63, 3.8) is 0 Å². The van der Waals surface area contributed by atoms with Crippen molar-refractivity contribution in [1.29, 1.82) is 0 Å². The minimum atomic E-state index is -4.78. The van der Waals surface area contributed by atoms with E-state index in [2.05, 4.69) is 20.3 Å². The molecule has 0 aliphatic rings. The molecule has 2 N–H and O–H groups in total. The number of alkyl halides is 3. The lowest BCUT2D eigenvalue weighted by Gasteiger charge is -2.15. The Morgan fingerprint density at radius 1 is 1.24 bits per heavy atom. The summed E-state index contributed by atoms with van der Waals surface area (Å²) in [5.74, 6) is -1.76. The van der Waals surface area contributed by atoms with E-state index in [4.69, 9.17) is 0 Å². The number of carbonyl (C=O) groups excluding carboxylic acids is 1. The number of aryl methyl sites for hydroxylation is 1. The van der Waals surface area contributed by atoms with Crippen LogP contribution < -0.4 is 5.32 Å². The Morgan fingerprint density at radius 2 is 1.93 bits per heavy atom. The van der Waals surface area contributed by atoms with E-state index in [0.717, 1.165) is 30.6 Å². The van der Waals surface area contributed by atoms with E-state index in [-0.39, 0.29) is 17.9 Å². The van der Waals surface area contributed by atoms with Crippen LogP contribution in [0.25, 0.3) is 11.4 Å². The summed E-state index contributed by atoms with van der Waals surface area (Å²) in [6.45, 7) is 1.38. The molecule has 6 nitrogen and oxygen atoms in total. The summed E-state index contributed by atoms with van der Waals surface area (Å²) in [6, 6.07) is 2.82. The Bertz CT molecular complexity index is 1020. The number of halogens is 4. The summed E-state index contributed by atoms with van der Waals surface area (Å²) < 4.78 is 53.0. The Hall–Kier alpha value is -2.92. The molecule has 11 heteroatoms. The molecule has 0 fully saturated rings. The maximum Gasteiger partial charge on any atom is 0.417 e. The van der Waals surface area contributed by atoms with Crippen molar-refractivity contribution >= 4 is 17.2 Å². The van der Waals surface area contributed by atoms with Gasteiger partial charge >= 0.3 is 6.18 Å². The molecule has 0 radical (unpaired) electrons. The van der Waals surface area contributed by atoms with Crippen LogP contribution in [0.15, 0.2) is 36.1 Å². The third-order valence-corrected chi connectivity index (χ3v) is 5.02. The van der Waals surface area contributed by atoms with Gasteiger partial charge in [-0.25, -0.2) is 19.3 Å². The van der Waals surface area contributed by atoms with Crippen molar-refractivity contribution < 1.29 is 27.5 Å². The van der Waals surface area contributed by atoms with Gasteiger partial charge in [0, 0.05) is 12.1 Å². The Balaban J connectivity index is 1.88. The lowest BCUT2D eigenvalue weighted by Crippen LogP contribution is -2.30. The van der Waals surface area contributed by atoms with Crippen molar-refractivity contribution in [3.05, 3.63) is 63.6 Å². The summed E-state index contributed by atoms with van der Waals surface area (Å²) in [4.78, 5) is 24.4. The van der Waals surface area contributed by atoms with Crippen molar-refractivity contribution in [2.75, 3.05) is 6.54 Å². The first kappa shape index (κ1) is 20.8. The van der Waals surface area contributed by atoms with Gasteiger partial charge in [0.1, 0.15) is 6.10 Å². The van der Waals surface area contributed by atoms with Crippen LogP contribution in [-0.2, 0) is 6.18 Å². The van der Waals surface area contributed by atoms with Crippen LogP contribution in [0.5, 0.6) is 0 Å². The van der Waals surface area contributed by atoms with Crippen LogP contribution in [0.1, 0.15) is 32.6 Å². The molecular formula is C18H14F4N4O2S. The fraction of sp³-hybridized carbons (Fsp3) is 0.222. The second-order valence-electron chi connectivity index (χ2n) is 6.01. The molecular weight excluding hydrogens is 412 g/mol. The molecule has 1 unspecified atom stereocenters. The second kappa shape index (κ2) is 8.21. The quantitative estimate of drug-likeness (QED) is 0.610. The van der Waals surface area contributed by atoms with E-state index in [0.29, 0.717) is 10.6 Å². The van der Waals surface area contributed by atoms with Gasteiger partial charge in [-0.05, 0) is 19.1 Å². The largest absolute Gasteiger partial charge is 0.417 e. The molecule has 0 bridgehead atoms. The molecule has 2 heterocycles. The van der Waals surface area contributed by atoms with Gasteiger partial charge in [-0.15, -0.1) is 11.3 Å². The van der Waals surface area contributed by atoms with Gasteiger partial charge in [-0.2, -0.15) is 13.2 Å². The SMILES string of the molecule is Cc1ncsc1C(O)CNC(=O)c1cc(-c2ncc(F)cn2)ccc1C(F)(F)F. The minimum absolute atomic E-state index is 0.0329. The van der Waals surface area contributed by atoms with Crippen LogP contribution in [0, 0.1) is 12.7 Å². The molecule has 0 aliphatic heterocycles. The smallest absolute Gasteiger partial charge is 0.386 e. The first-order valence-corrected chi connectivity index (χ1v) is 9.10. The number of rotatable bonds is 5. The Morgan fingerprint density at radius 3 is 2.52 bits per heavy atom. The van der Waals surface area contributed by atoms with Crippen molar-refractivity contribution in [1.82, 2.24) is 20.3 Å². The van der Waals surface area contributed by atoms with Gasteiger partial charge < -0.3 is 10.4 Å². The number of amides is 1. The number of nitrogens with zero attached hydrogens (tertiary/aromatic N) is 3. The zero-order valence-electron chi connectivity index (χ0n) is 14.9. The number of hydrogen-bond donors (Lipinski definition) is 2. The van der Waals surface area contributed by atoms with Gasteiger partial charge in [0.2, 0.25) is 0 Å². The monoisotopic (exact) mass is 426 g/mol. The van der Waals surface area contributed by atoms with Crippen LogP contribution in [0.4, 0.5) is 17.6 Å². The van der Waals surface area contributed by atoms with Crippen molar-refractivity contribution in [2.45, 2.75) is 19.2 Å². The van der Waals surface area contributed by atoms with E-state index in [1.54, 1.807) is 6.92 Å². The topological polar surface area (TPSA) is 88.0 Å². The number of hydrogen-bond acceptors (Lipinski definition) is 6. The number of nitrogens with one attached hydrogen (secondary N) is 1. The molecule has 0 saturated carbocycles. The lowest BCUT2D eigenvalue weighted by atomic mass is 10.0. The number of aliphatic hydroxyl groups is 1. The van der Waals surface area contributed by atoms with Gasteiger partial charge in [0.15, 0.2) is 11.6 Å². The maximum atomic E-state index is 13.4. The molecule has 1 amide bonds. The lowest BCUT2D eigenvalue weighted by molar-refractivity contribution is -0.137. The molecule has 0 spiro atoms. The molecule has 152 valence electrons. The summed E-state index contributed by atoms with van der Waals surface area (Å²) in [5, 5.41) is 12.5. The van der Waals surface area contributed by atoms with E-state index in [9.17, 15) is 27.5 Å². The highest BCUT2D eigenvalue weighted by Crippen LogP contribution is 2.34. The predicted octanol–water partition coefficient (Wildman–Crippen LogP) is 3.53. The molecule has 2 aromatic heterocycles. The van der Waals surface area contributed by atoms with Crippen molar-refractivity contribution in [2.24, 2.45) is 0 Å². The van der Waals surface area contributed by atoms with Crippen molar-refractivity contribution in [3.8, 4) is 11.4 Å². The molecule has 1 atom stereocenters. The number of aromatic nitrogens is 3. The molecule has 0 saturated heterocycles. The highest BCUT2D eigenvalue weighted by molar-refractivity contribution is 7.09. The summed E-state index contributed by atoms with van der Waals surface area (Å²) in [7, 11) is 0. The maximum absolute atomic E-state index is 13.4. The fourth-order valence-electron chi connectivity index (χ4n) is 2.59. The van der Waals surface area contributed by atoms with Crippen LogP contribution >= 0.6 is 11.3 Å². The first-order valence-electron chi connectivity index (χ1n) is 8.22. The third kappa shape index (κ3) is 4.74. The fourth-order valence-corrected chi connectivity index (χ4v) is 3.38. The third-order valence-electron chi connectivity index (χ3n) is 3.99. The average Bonchev–Trinajstić information content (AvgIpc) is 3.11. The van der Waals surface area contributed by atoms with E-state index >= 15 is 0 Å². The van der Waals surface area contributed by atoms with Gasteiger partial charge in [0.05, 0.1) is 39.6 Å². The highest BCUT2D eigenvalue weighted by atomic mass is 32.1. The van der Waals surface area contributed by atoms with Crippen LogP contribution in [-0.4, -0.2) is 32.5 Å². The Labute approximate surface area is 166 Å². The average molecular weight is 426 g/mol. The van der Waals surface area contributed by atoms with E-state index < -0.39 is 35.1 Å². The number of thiazole rings is 1. The zero-order chi connectivity index (χ0) is 21.2. The molecule has 3 aromatic rings. The predicted molar refractivity (Wildman–Crippen MR) is 96.6 cm³/mol. The summed E-state index contributed by atoms with van der Waals surface area (Å²) in [5.41, 5.74) is 0.398. The second-order valence-corrected chi connectivity index (χ2v) is 6.90. The molecule has 1 aromatic carbocycles. The Kier molecular flexibility index (Phi) is 5.89. The molecule has 3 rings (SSSR count). The van der Waals surface area contributed by atoms with Gasteiger partial charge in [0.25, 0.3) is 5.91 Å². The number of aliphatic hydroxyl groups excluding tert-OH is 1. The van der Waals surface area contributed by atoms with Crippen LogP contribution in [0.2, 0.25) is 0 Å². The number of benzene rings is 1. The first-order chi connectivity index (χ1) is 13.7. The normalized spacial score (nSPS) is 12.6. The van der Waals surface area contributed by atoms with E-state index in [1.165, 1.54) is 16.8 Å². The van der Waals surface area contributed by atoms with Gasteiger partial charge in [-0.1, -0.05) is 6.07 Å². The molecule has 29 heavy (non-hydrogen) atoms. The van der Waals surface area contributed by atoms with Crippen LogP contribution in [0.3, 0.4) is 0 Å². The summed E-state index contributed by atoms with van der Waals surface area (Å²) in [6.07, 6.45) is -4.15. The minimum Gasteiger partial charge on any atom is -0.386 e. The van der Waals surface area contributed by atoms with E-state index in [1.807, 2.05) is 0 Å².